The fourth-order valence-corrected chi connectivity index (χ4v) is 3.63. The molecule has 0 aliphatic heterocycles. The fourth-order valence-electron chi connectivity index (χ4n) is 3.06. The normalized spacial score (nSPS) is 12.4. The van der Waals surface area contributed by atoms with Gasteiger partial charge in [-0.1, -0.05) is 104 Å². The van der Waals surface area contributed by atoms with Crippen LogP contribution in [0.5, 0.6) is 0 Å². The molecule has 0 spiro atoms. The quantitative estimate of drug-likeness (QED) is 0.151. The van der Waals surface area contributed by atoms with E-state index < -0.39 is 9.96 Å². The van der Waals surface area contributed by atoms with E-state index in [0.29, 0.717) is 6.42 Å². The van der Waals surface area contributed by atoms with Gasteiger partial charge in [0.2, 0.25) is 9.70 Å². The first kappa shape index (κ1) is 25.0. The summed E-state index contributed by atoms with van der Waals surface area (Å²) in [6, 6.07) is 13.9. The Morgan fingerprint density at radius 3 is 2.33 bits per heavy atom. The average molecular weight is 489 g/mol. The second-order valence-corrected chi connectivity index (χ2v) is 10.00. The van der Waals surface area contributed by atoms with Gasteiger partial charge in [0.15, 0.2) is 5.11 Å². The molecule has 164 valence electrons. The first-order chi connectivity index (χ1) is 14.3. The molecule has 0 saturated carbocycles. The number of carbonyl (C=O) groups excluding carboxylic acids is 1. The molecular weight excluding hydrogens is 461 g/mol. The minimum absolute atomic E-state index is 0.178. The van der Waals surface area contributed by atoms with Crippen LogP contribution in [0.3, 0.4) is 0 Å². The standard InChI is InChI=1S/C22H28Cl3N3OS/c1-2-3-4-5-6-7-12-19(29)27-20(22(23,24)25)28-21(30)26-18-14-13-16-10-8-9-11-17(16)15-18/h8-11,13-15,20H,2-7,12H2,1H3,(H,27,29)(H2,26,28,30). The lowest BCUT2D eigenvalue weighted by atomic mass is 10.1. The summed E-state index contributed by atoms with van der Waals surface area (Å²) in [7, 11) is 0. The highest BCUT2D eigenvalue weighted by Crippen LogP contribution is 2.29. The highest BCUT2D eigenvalue weighted by atomic mass is 35.6. The largest absolute Gasteiger partial charge is 0.339 e. The summed E-state index contributed by atoms with van der Waals surface area (Å²) in [5, 5.41) is 11.2. The lowest BCUT2D eigenvalue weighted by molar-refractivity contribution is -0.122. The van der Waals surface area contributed by atoms with Crippen molar-refractivity contribution in [2.24, 2.45) is 0 Å². The Hall–Kier alpha value is -1.27. The molecule has 0 heterocycles. The molecule has 2 aromatic carbocycles. The van der Waals surface area contributed by atoms with Crippen molar-refractivity contribution in [2.45, 2.75) is 61.8 Å². The summed E-state index contributed by atoms with van der Waals surface area (Å²) in [6.07, 6.45) is 6.02. The van der Waals surface area contributed by atoms with Gasteiger partial charge in [0.05, 0.1) is 0 Å². The fraction of sp³-hybridized carbons (Fsp3) is 0.455. The lowest BCUT2D eigenvalue weighted by Gasteiger charge is -2.27. The zero-order valence-corrected chi connectivity index (χ0v) is 20.1. The van der Waals surface area contributed by atoms with E-state index in [1.807, 2.05) is 42.5 Å². The summed E-state index contributed by atoms with van der Waals surface area (Å²) < 4.78 is -1.76. The second kappa shape index (κ2) is 12.6. The molecule has 30 heavy (non-hydrogen) atoms. The number of rotatable bonds is 10. The molecule has 2 rings (SSSR count). The van der Waals surface area contributed by atoms with Gasteiger partial charge in [0.1, 0.15) is 6.17 Å². The number of thiocarbonyl (C=S) groups is 1. The Kier molecular flexibility index (Phi) is 10.5. The van der Waals surface area contributed by atoms with E-state index in [1.54, 1.807) is 0 Å². The van der Waals surface area contributed by atoms with Crippen LogP contribution >= 0.6 is 47.0 Å². The first-order valence-corrected chi connectivity index (χ1v) is 11.8. The molecule has 0 fully saturated rings. The van der Waals surface area contributed by atoms with Crippen LogP contribution < -0.4 is 16.0 Å². The van der Waals surface area contributed by atoms with Gasteiger partial charge >= 0.3 is 0 Å². The van der Waals surface area contributed by atoms with Gasteiger partial charge in [-0.25, -0.2) is 0 Å². The van der Waals surface area contributed by atoms with Crippen molar-refractivity contribution in [3.8, 4) is 0 Å². The molecule has 0 aromatic heterocycles. The van der Waals surface area contributed by atoms with Crippen molar-refractivity contribution in [3.63, 3.8) is 0 Å². The Morgan fingerprint density at radius 1 is 0.967 bits per heavy atom. The van der Waals surface area contributed by atoms with Crippen LogP contribution in [0.2, 0.25) is 0 Å². The van der Waals surface area contributed by atoms with E-state index >= 15 is 0 Å². The molecule has 0 aliphatic rings. The molecule has 4 nitrogen and oxygen atoms in total. The molecule has 1 atom stereocenters. The van der Waals surface area contributed by atoms with Crippen molar-refractivity contribution < 1.29 is 4.79 Å². The zero-order chi connectivity index (χ0) is 22.0. The summed E-state index contributed by atoms with van der Waals surface area (Å²) in [5.41, 5.74) is 0.799. The molecule has 0 aliphatic carbocycles. The van der Waals surface area contributed by atoms with E-state index in [2.05, 4.69) is 22.9 Å². The Bertz CT molecular complexity index is 842. The number of hydrogen-bond donors (Lipinski definition) is 3. The van der Waals surface area contributed by atoms with E-state index in [0.717, 1.165) is 35.7 Å². The topological polar surface area (TPSA) is 53.2 Å². The number of benzene rings is 2. The number of hydrogen-bond acceptors (Lipinski definition) is 2. The van der Waals surface area contributed by atoms with Gasteiger partial charge in [0, 0.05) is 12.1 Å². The minimum Gasteiger partial charge on any atom is -0.339 e. The van der Waals surface area contributed by atoms with E-state index in [1.165, 1.54) is 19.3 Å². The molecule has 0 bridgehead atoms. The lowest BCUT2D eigenvalue weighted by Crippen LogP contribution is -2.56. The van der Waals surface area contributed by atoms with Crippen molar-refractivity contribution in [2.75, 3.05) is 5.32 Å². The molecular formula is C22H28Cl3N3OS. The summed E-state index contributed by atoms with van der Waals surface area (Å²) in [5.74, 6) is -0.178. The van der Waals surface area contributed by atoms with Crippen molar-refractivity contribution in [1.29, 1.82) is 0 Å². The van der Waals surface area contributed by atoms with Gasteiger partial charge in [0.25, 0.3) is 0 Å². The van der Waals surface area contributed by atoms with Gasteiger partial charge in [-0.05, 0) is 41.5 Å². The number of anilines is 1. The highest BCUT2D eigenvalue weighted by Gasteiger charge is 2.34. The van der Waals surface area contributed by atoms with Crippen LogP contribution in [-0.4, -0.2) is 21.0 Å². The number of carbonyl (C=O) groups is 1. The highest BCUT2D eigenvalue weighted by molar-refractivity contribution is 7.80. The summed E-state index contributed by atoms with van der Waals surface area (Å²) in [6.45, 7) is 2.18. The Labute approximate surface area is 199 Å². The van der Waals surface area contributed by atoms with Gasteiger partial charge in [-0.3, -0.25) is 4.79 Å². The molecule has 8 heteroatoms. The third kappa shape index (κ3) is 8.84. The first-order valence-electron chi connectivity index (χ1n) is 10.2. The van der Waals surface area contributed by atoms with Crippen molar-refractivity contribution in [3.05, 3.63) is 42.5 Å². The number of alkyl halides is 3. The third-order valence-electron chi connectivity index (χ3n) is 4.67. The maximum absolute atomic E-state index is 12.3. The van der Waals surface area contributed by atoms with Gasteiger partial charge < -0.3 is 16.0 Å². The van der Waals surface area contributed by atoms with E-state index in [-0.39, 0.29) is 11.0 Å². The SMILES string of the molecule is CCCCCCCCC(=O)NC(NC(=S)Nc1ccc2ccccc2c1)C(Cl)(Cl)Cl. The number of fused-ring (bicyclic) bond motifs is 1. The van der Waals surface area contributed by atoms with E-state index in [9.17, 15) is 4.79 Å². The van der Waals surface area contributed by atoms with Crippen LogP contribution in [0, 0.1) is 0 Å². The Morgan fingerprint density at radius 2 is 1.63 bits per heavy atom. The second-order valence-electron chi connectivity index (χ2n) is 7.22. The maximum Gasteiger partial charge on any atom is 0.228 e. The Balaban J connectivity index is 1.87. The predicted molar refractivity (Wildman–Crippen MR) is 134 cm³/mol. The van der Waals surface area contributed by atoms with Crippen LogP contribution in [0.25, 0.3) is 10.8 Å². The molecule has 3 N–H and O–H groups in total. The monoisotopic (exact) mass is 487 g/mol. The number of halogens is 3. The van der Waals surface area contributed by atoms with Gasteiger partial charge in [-0.15, -0.1) is 0 Å². The van der Waals surface area contributed by atoms with E-state index in [4.69, 9.17) is 47.0 Å². The molecule has 1 amide bonds. The molecule has 1 unspecified atom stereocenters. The van der Waals surface area contributed by atoms with Crippen LogP contribution in [0.1, 0.15) is 51.9 Å². The van der Waals surface area contributed by atoms with Crippen molar-refractivity contribution >= 4 is 74.5 Å². The maximum atomic E-state index is 12.3. The molecule has 0 radical (unpaired) electrons. The summed E-state index contributed by atoms with van der Waals surface area (Å²) in [4.78, 5) is 12.3. The van der Waals surface area contributed by atoms with Crippen LogP contribution in [0.4, 0.5) is 5.69 Å². The number of amides is 1. The smallest absolute Gasteiger partial charge is 0.228 e. The third-order valence-corrected chi connectivity index (χ3v) is 5.55. The average Bonchev–Trinajstić information content (AvgIpc) is 2.69. The molecule has 2 aromatic rings. The molecule has 0 saturated heterocycles. The number of unbranched alkanes of at least 4 members (excludes halogenated alkanes) is 5. The zero-order valence-electron chi connectivity index (χ0n) is 17.0. The number of nitrogens with one attached hydrogen (secondary N) is 3. The van der Waals surface area contributed by atoms with Crippen molar-refractivity contribution in [1.82, 2.24) is 10.6 Å². The minimum atomic E-state index is -1.76. The van der Waals surface area contributed by atoms with Crippen LogP contribution in [-0.2, 0) is 4.79 Å². The van der Waals surface area contributed by atoms with Crippen LogP contribution in [0.15, 0.2) is 42.5 Å². The van der Waals surface area contributed by atoms with Gasteiger partial charge in [-0.2, -0.15) is 0 Å². The predicted octanol–water partition coefficient (Wildman–Crippen LogP) is 6.69. The summed E-state index contributed by atoms with van der Waals surface area (Å²) >= 11 is 23.5.